The maximum atomic E-state index is 13.5. The summed E-state index contributed by atoms with van der Waals surface area (Å²) in [5, 5.41) is 36.9. The zero-order valence-electron chi connectivity index (χ0n) is 21.5. The number of nitrogens with one attached hydrogen (secondary N) is 4. The van der Waals surface area contributed by atoms with Crippen LogP contribution in [0.1, 0.15) is 25.0 Å². The zero-order chi connectivity index (χ0) is 28.7. The number of benzene rings is 2. The number of hydrogen-bond acceptors (Lipinski definition) is 7. The van der Waals surface area contributed by atoms with Crippen LogP contribution in [-0.2, 0) is 32.0 Å². The zero-order valence-corrected chi connectivity index (χ0v) is 21.5. The number of aromatic hydroxyl groups is 1. The summed E-state index contributed by atoms with van der Waals surface area (Å²) < 4.78 is 0. The number of carboxylic acids is 1. The van der Waals surface area contributed by atoms with Crippen LogP contribution in [0.5, 0.6) is 5.75 Å². The molecule has 3 aromatic rings. The third kappa shape index (κ3) is 7.79. The number of rotatable bonds is 12. The molecule has 12 heteroatoms. The van der Waals surface area contributed by atoms with E-state index in [0.717, 1.165) is 10.9 Å². The molecule has 12 nitrogen and oxygen atoms in total. The van der Waals surface area contributed by atoms with Crippen LogP contribution in [-0.4, -0.2) is 74.3 Å². The molecule has 0 spiro atoms. The van der Waals surface area contributed by atoms with Crippen molar-refractivity contribution in [1.29, 1.82) is 0 Å². The van der Waals surface area contributed by atoms with Crippen molar-refractivity contribution in [3.8, 4) is 5.75 Å². The molecule has 208 valence electrons. The molecule has 39 heavy (non-hydrogen) atoms. The van der Waals surface area contributed by atoms with Crippen molar-refractivity contribution in [1.82, 2.24) is 20.9 Å². The summed E-state index contributed by atoms with van der Waals surface area (Å²) in [6.07, 6.45) is 0.535. The second-order valence-electron chi connectivity index (χ2n) is 9.39. The van der Waals surface area contributed by atoms with E-state index in [0.29, 0.717) is 11.1 Å². The van der Waals surface area contributed by atoms with Crippen molar-refractivity contribution in [3.63, 3.8) is 0 Å². The summed E-state index contributed by atoms with van der Waals surface area (Å²) in [5.41, 5.74) is 7.87. The molecule has 5 unspecified atom stereocenters. The number of aliphatic hydroxyl groups excluding tert-OH is 1. The second kappa shape index (κ2) is 12.9. The SMILES string of the molecule is CC(NC(=O)C(Cc1c[nH]c2ccccc12)NC(=O)C(Cc1ccc(O)cc1)NC(=O)C(N)C(C)O)C(=O)O. The van der Waals surface area contributed by atoms with Gasteiger partial charge in [-0.15, -0.1) is 0 Å². The number of H-pyrrole nitrogens is 1. The topological polar surface area (TPSA) is 207 Å². The van der Waals surface area contributed by atoms with Crippen LogP contribution in [0, 0.1) is 0 Å². The van der Waals surface area contributed by atoms with Gasteiger partial charge in [0.1, 0.15) is 29.9 Å². The minimum Gasteiger partial charge on any atom is -0.508 e. The van der Waals surface area contributed by atoms with Crippen molar-refractivity contribution in [2.45, 2.75) is 57.0 Å². The summed E-state index contributed by atoms with van der Waals surface area (Å²) in [4.78, 5) is 53.7. The van der Waals surface area contributed by atoms with Crippen molar-refractivity contribution in [2.24, 2.45) is 5.73 Å². The third-order valence-electron chi connectivity index (χ3n) is 6.29. The standard InChI is InChI=1S/C27H33N5O7/c1-14(27(38)39)30-24(35)22(12-17-13-29-20-6-4-3-5-19(17)20)31-25(36)21(32-26(37)23(28)15(2)33)11-16-7-9-18(34)10-8-16/h3-10,13-15,21-23,29,33-34H,11-12,28H2,1-2H3,(H,30,35)(H,31,36)(H,32,37)(H,38,39). The first-order valence-corrected chi connectivity index (χ1v) is 12.4. The number of nitrogens with two attached hydrogens (primary N) is 1. The van der Waals surface area contributed by atoms with Crippen LogP contribution >= 0.6 is 0 Å². The van der Waals surface area contributed by atoms with Crippen LogP contribution in [0.2, 0.25) is 0 Å². The molecule has 0 saturated heterocycles. The van der Waals surface area contributed by atoms with Gasteiger partial charge in [-0.25, -0.2) is 0 Å². The number of para-hydroxylation sites is 1. The predicted octanol–water partition coefficient (Wildman–Crippen LogP) is -0.0743. The lowest BCUT2D eigenvalue weighted by Gasteiger charge is -2.25. The molecule has 0 aliphatic carbocycles. The van der Waals surface area contributed by atoms with E-state index in [4.69, 9.17) is 5.73 Å². The fourth-order valence-corrected chi connectivity index (χ4v) is 3.94. The highest BCUT2D eigenvalue weighted by Crippen LogP contribution is 2.19. The number of aromatic amines is 1. The van der Waals surface area contributed by atoms with E-state index in [1.165, 1.54) is 26.0 Å². The molecule has 1 aromatic heterocycles. The number of aliphatic carboxylic acids is 1. The molecule has 0 saturated carbocycles. The fraction of sp³-hybridized carbons (Fsp3) is 0.333. The molecule has 0 aliphatic rings. The maximum Gasteiger partial charge on any atom is 0.325 e. The lowest BCUT2D eigenvalue weighted by molar-refractivity contribution is -0.141. The van der Waals surface area contributed by atoms with E-state index < -0.39 is 54.0 Å². The van der Waals surface area contributed by atoms with Crippen LogP contribution < -0.4 is 21.7 Å². The molecular weight excluding hydrogens is 506 g/mol. The Labute approximate surface area is 224 Å². The normalized spacial score (nSPS) is 15.0. The molecule has 3 amide bonds. The summed E-state index contributed by atoms with van der Waals surface area (Å²) in [6.45, 7) is 2.64. The number of fused-ring (bicyclic) bond motifs is 1. The molecule has 3 rings (SSSR count). The summed E-state index contributed by atoms with van der Waals surface area (Å²) in [6, 6.07) is 8.45. The quantitative estimate of drug-likeness (QED) is 0.156. The molecule has 9 N–H and O–H groups in total. The highest BCUT2D eigenvalue weighted by Gasteiger charge is 2.31. The van der Waals surface area contributed by atoms with E-state index in [-0.39, 0.29) is 18.6 Å². The molecule has 0 bridgehead atoms. The van der Waals surface area contributed by atoms with Gasteiger partial charge in [0.15, 0.2) is 0 Å². The van der Waals surface area contributed by atoms with Crippen LogP contribution in [0.15, 0.2) is 54.7 Å². The van der Waals surface area contributed by atoms with Gasteiger partial charge in [-0.3, -0.25) is 19.2 Å². The second-order valence-corrected chi connectivity index (χ2v) is 9.39. The van der Waals surface area contributed by atoms with Gasteiger partial charge in [0.2, 0.25) is 17.7 Å². The molecule has 0 aliphatic heterocycles. The molecule has 2 aromatic carbocycles. The lowest BCUT2D eigenvalue weighted by atomic mass is 10.0. The molecule has 0 fully saturated rings. The maximum absolute atomic E-state index is 13.5. The van der Waals surface area contributed by atoms with Crippen molar-refractivity contribution >= 4 is 34.6 Å². The lowest BCUT2D eigenvalue weighted by Crippen LogP contribution is -2.58. The number of carboxylic acid groups (broad SMARTS) is 1. The Bertz CT molecular complexity index is 1320. The third-order valence-corrected chi connectivity index (χ3v) is 6.29. The van der Waals surface area contributed by atoms with Crippen LogP contribution in [0.4, 0.5) is 0 Å². The van der Waals surface area contributed by atoms with Gasteiger partial charge in [0, 0.05) is 29.9 Å². The van der Waals surface area contributed by atoms with Crippen molar-refractivity contribution in [3.05, 3.63) is 65.9 Å². The number of amides is 3. The van der Waals surface area contributed by atoms with E-state index in [1.54, 1.807) is 18.3 Å². The van der Waals surface area contributed by atoms with Gasteiger partial charge in [-0.2, -0.15) is 0 Å². The van der Waals surface area contributed by atoms with E-state index in [2.05, 4.69) is 20.9 Å². The highest BCUT2D eigenvalue weighted by atomic mass is 16.4. The van der Waals surface area contributed by atoms with Gasteiger partial charge in [0.05, 0.1) is 6.10 Å². The Morgan fingerprint density at radius 2 is 1.46 bits per heavy atom. The number of carbonyl (C=O) groups excluding carboxylic acids is 3. The Morgan fingerprint density at radius 1 is 0.872 bits per heavy atom. The van der Waals surface area contributed by atoms with Crippen molar-refractivity contribution < 1.29 is 34.5 Å². The van der Waals surface area contributed by atoms with E-state index >= 15 is 0 Å². The Hall–Kier alpha value is -4.42. The van der Waals surface area contributed by atoms with Gasteiger partial charge in [-0.1, -0.05) is 30.3 Å². The Morgan fingerprint density at radius 3 is 2.10 bits per heavy atom. The van der Waals surface area contributed by atoms with Gasteiger partial charge in [-0.05, 0) is 43.2 Å². The van der Waals surface area contributed by atoms with Crippen LogP contribution in [0.25, 0.3) is 10.9 Å². The first kappa shape index (κ1) is 29.1. The van der Waals surface area contributed by atoms with Gasteiger partial charge >= 0.3 is 5.97 Å². The smallest absolute Gasteiger partial charge is 0.325 e. The van der Waals surface area contributed by atoms with Gasteiger partial charge < -0.3 is 42.0 Å². The minimum atomic E-state index is -1.30. The molecule has 5 atom stereocenters. The largest absolute Gasteiger partial charge is 0.508 e. The van der Waals surface area contributed by atoms with E-state index in [9.17, 15) is 34.5 Å². The number of aromatic nitrogens is 1. The number of hydrogen-bond donors (Lipinski definition) is 8. The van der Waals surface area contributed by atoms with Crippen molar-refractivity contribution in [2.75, 3.05) is 0 Å². The summed E-state index contributed by atoms with van der Waals surface area (Å²) in [7, 11) is 0. The number of phenolic OH excluding ortho intramolecular Hbond substituents is 1. The predicted molar refractivity (Wildman–Crippen MR) is 143 cm³/mol. The Balaban J connectivity index is 1.88. The minimum absolute atomic E-state index is 0.0165. The number of carbonyl (C=O) groups is 4. The summed E-state index contributed by atoms with van der Waals surface area (Å²) in [5.74, 6) is -3.45. The summed E-state index contributed by atoms with van der Waals surface area (Å²) >= 11 is 0. The first-order valence-electron chi connectivity index (χ1n) is 12.4. The van der Waals surface area contributed by atoms with E-state index in [1.807, 2.05) is 24.3 Å². The average Bonchev–Trinajstić information content (AvgIpc) is 3.31. The number of aliphatic hydroxyl groups is 1. The molecule has 0 radical (unpaired) electrons. The number of phenols is 1. The average molecular weight is 540 g/mol. The Kier molecular flexibility index (Phi) is 9.63. The monoisotopic (exact) mass is 539 g/mol. The van der Waals surface area contributed by atoms with Gasteiger partial charge in [0.25, 0.3) is 0 Å². The fourth-order valence-electron chi connectivity index (χ4n) is 3.94. The van der Waals surface area contributed by atoms with Crippen LogP contribution in [0.3, 0.4) is 0 Å². The molecule has 1 heterocycles. The highest BCUT2D eigenvalue weighted by molar-refractivity contribution is 5.95. The molecular formula is C27H33N5O7. The first-order chi connectivity index (χ1) is 18.5.